The Labute approximate surface area is 118 Å². The minimum absolute atomic E-state index is 0.0544. The molecular weight excluding hydrogens is 248 g/mol. The van der Waals surface area contributed by atoms with Crippen molar-refractivity contribution < 1.29 is 4.79 Å². The molecule has 3 nitrogen and oxygen atoms in total. The molecule has 3 N–H and O–H groups in total. The summed E-state index contributed by atoms with van der Waals surface area (Å²) in [4.78, 5) is 11.6. The lowest BCUT2D eigenvalue weighted by molar-refractivity contribution is -0.115. The highest BCUT2D eigenvalue weighted by Gasteiger charge is 2.23. The average molecular weight is 266 g/mol. The Balaban J connectivity index is 1.92. The number of rotatable bonds is 3. The van der Waals surface area contributed by atoms with E-state index < -0.39 is 0 Å². The quantitative estimate of drug-likeness (QED) is 0.897. The summed E-state index contributed by atoms with van der Waals surface area (Å²) in [5.74, 6) is 0.0544. The van der Waals surface area contributed by atoms with E-state index >= 15 is 0 Å². The van der Waals surface area contributed by atoms with Crippen LogP contribution in [0.4, 0.5) is 5.69 Å². The molecule has 1 aliphatic heterocycles. The molecule has 0 aromatic heterocycles. The van der Waals surface area contributed by atoms with Crippen LogP contribution in [0.1, 0.15) is 28.3 Å². The SMILES string of the molecule is Cc1cc2c(c(C(N)Cc3ccccc3)c1)NC(=O)C2. The number of hydrogen-bond acceptors (Lipinski definition) is 2. The molecule has 2 aromatic rings. The van der Waals surface area contributed by atoms with E-state index in [-0.39, 0.29) is 11.9 Å². The summed E-state index contributed by atoms with van der Waals surface area (Å²) in [6.07, 6.45) is 1.23. The number of benzene rings is 2. The molecule has 1 aliphatic rings. The van der Waals surface area contributed by atoms with Gasteiger partial charge in [-0.2, -0.15) is 0 Å². The summed E-state index contributed by atoms with van der Waals surface area (Å²) in [5, 5.41) is 2.94. The molecule has 0 spiro atoms. The highest BCUT2D eigenvalue weighted by atomic mass is 16.1. The second-order valence-corrected chi connectivity index (χ2v) is 5.41. The number of nitrogens with one attached hydrogen (secondary N) is 1. The van der Waals surface area contributed by atoms with Gasteiger partial charge in [0.2, 0.25) is 5.91 Å². The third-order valence-electron chi connectivity index (χ3n) is 3.71. The summed E-state index contributed by atoms with van der Waals surface area (Å²) < 4.78 is 0. The number of nitrogens with two attached hydrogens (primary N) is 1. The topological polar surface area (TPSA) is 55.1 Å². The van der Waals surface area contributed by atoms with E-state index in [9.17, 15) is 4.79 Å². The van der Waals surface area contributed by atoms with E-state index in [0.29, 0.717) is 6.42 Å². The molecule has 0 saturated carbocycles. The molecule has 1 atom stereocenters. The highest BCUT2D eigenvalue weighted by molar-refractivity contribution is 6.00. The molecule has 0 bridgehead atoms. The Kier molecular flexibility index (Phi) is 3.28. The summed E-state index contributed by atoms with van der Waals surface area (Å²) >= 11 is 0. The first kappa shape index (κ1) is 12.9. The van der Waals surface area contributed by atoms with E-state index in [0.717, 1.165) is 28.8 Å². The van der Waals surface area contributed by atoms with Crippen LogP contribution in [0, 0.1) is 6.92 Å². The number of fused-ring (bicyclic) bond motifs is 1. The lowest BCUT2D eigenvalue weighted by Crippen LogP contribution is -2.16. The first-order chi connectivity index (χ1) is 9.63. The van der Waals surface area contributed by atoms with Crippen molar-refractivity contribution in [3.8, 4) is 0 Å². The van der Waals surface area contributed by atoms with Gasteiger partial charge in [0.15, 0.2) is 0 Å². The Morgan fingerprint density at radius 1 is 1.25 bits per heavy atom. The maximum atomic E-state index is 11.6. The first-order valence-corrected chi connectivity index (χ1v) is 6.86. The standard InChI is InChI=1S/C17H18N2O/c1-11-7-13-10-16(20)19-17(13)14(8-11)15(18)9-12-5-3-2-4-6-12/h2-8,15H,9-10,18H2,1H3,(H,19,20). The number of anilines is 1. The third kappa shape index (κ3) is 2.45. The van der Waals surface area contributed by atoms with E-state index in [4.69, 9.17) is 5.73 Å². The van der Waals surface area contributed by atoms with Gasteiger partial charge in [-0.1, -0.05) is 48.0 Å². The predicted molar refractivity (Wildman–Crippen MR) is 80.6 cm³/mol. The lowest BCUT2D eigenvalue weighted by Gasteiger charge is -2.17. The molecule has 3 heteroatoms. The first-order valence-electron chi connectivity index (χ1n) is 6.86. The van der Waals surface area contributed by atoms with Crippen molar-refractivity contribution in [3.63, 3.8) is 0 Å². The van der Waals surface area contributed by atoms with Crippen LogP contribution in [0.25, 0.3) is 0 Å². The molecule has 0 radical (unpaired) electrons. The van der Waals surface area contributed by atoms with Gasteiger partial charge >= 0.3 is 0 Å². The number of carbonyl (C=O) groups excluding carboxylic acids is 1. The van der Waals surface area contributed by atoms with E-state index in [1.165, 1.54) is 5.56 Å². The number of hydrogen-bond donors (Lipinski definition) is 2. The minimum atomic E-state index is -0.107. The van der Waals surface area contributed by atoms with Gasteiger partial charge in [0, 0.05) is 11.7 Å². The third-order valence-corrected chi connectivity index (χ3v) is 3.71. The van der Waals surface area contributed by atoms with Crippen molar-refractivity contribution in [2.75, 3.05) is 5.32 Å². The minimum Gasteiger partial charge on any atom is -0.325 e. The maximum absolute atomic E-state index is 11.6. The van der Waals surface area contributed by atoms with Crippen LogP contribution >= 0.6 is 0 Å². The van der Waals surface area contributed by atoms with E-state index in [1.54, 1.807) is 0 Å². The van der Waals surface area contributed by atoms with Crippen molar-refractivity contribution in [1.29, 1.82) is 0 Å². The molecule has 1 heterocycles. The monoisotopic (exact) mass is 266 g/mol. The molecular formula is C17H18N2O. The molecule has 0 aliphatic carbocycles. The van der Waals surface area contributed by atoms with Gasteiger partial charge < -0.3 is 11.1 Å². The zero-order chi connectivity index (χ0) is 14.1. The van der Waals surface area contributed by atoms with Crippen molar-refractivity contribution in [3.05, 3.63) is 64.7 Å². The largest absolute Gasteiger partial charge is 0.325 e. The fraction of sp³-hybridized carbons (Fsp3) is 0.235. The normalized spacial score (nSPS) is 14.8. The van der Waals surface area contributed by atoms with Crippen LogP contribution < -0.4 is 11.1 Å². The Bertz CT molecular complexity index is 650. The lowest BCUT2D eigenvalue weighted by atomic mass is 9.94. The Morgan fingerprint density at radius 3 is 2.75 bits per heavy atom. The summed E-state index contributed by atoms with van der Waals surface area (Å²) in [6, 6.07) is 14.2. The fourth-order valence-electron chi connectivity index (χ4n) is 2.81. The summed E-state index contributed by atoms with van der Waals surface area (Å²) in [7, 11) is 0. The zero-order valence-corrected chi connectivity index (χ0v) is 11.5. The van der Waals surface area contributed by atoms with E-state index in [1.807, 2.05) is 25.1 Å². The van der Waals surface area contributed by atoms with Gasteiger partial charge in [-0.15, -0.1) is 0 Å². The van der Waals surface area contributed by atoms with Crippen molar-refractivity contribution >= 4 is 11.6 Å². The Morgan fingerprint density at radius 2 is 2.00 bits per heavy atom. The molecule has 0 fully saturated rings. The smallest absolute Gasteiger partial charge is 0.228 e. The van der Waals surface area contributed by atoms with Gasteiger partial charge in [0.25, 0.3) is 0 Å². The molecule has 1 amide bonds. The molecule has 2 aromatic carbocycles. The van der Waals surface area contributed by atoms with Crippen molar-refractivity contribution in [2.24, 2.45) is 5.73 Å². The molecule has 0 saturated heterocycles. The second kappa shape index (κ2) is 5.10. The van der Waals surface area contributed by atoms with Crippen LogP contribution in [0.15, 0.2) is 42.5 Å². The van der Waals surface area contributed by atoms with E-state index in [2.05, 4.69) is 29.6 Å². The number of amides is 1. The predicted octanol–water partition coefficient (Wildman–Crippen LogP) is 2.73. The molecule has 102 valence electrons. The Hall–Kier alpha value is -2.13. The summed E-state index contributed by atoms with van der Waals surface area (Å²) in [5.41, 5.74) is 11.7. The fourth-order valence-corrected chi connectivity index (χ4v) is 2.81. The maximum Gasteiger partial charge on any atom is 0.228 e. The molecule has 3 rings (SSSR count). The summed E-state index contributed by atoms with van der Waals surface area (Å²) in [6.45, 7) is 2.04. The number of carbonyl (C=O) groups is 1. The van der Waals surface area contributed by atoms with Gasteiger partial charge in [0.05, 0.1) is 6.42 Å². The second-order valence-electron chi connectivity index (χ2n) is 5.41. The van der Waals surface area contributed by atoms with Gasteiger partial charge in [0.1, 0.15) is 0 Å². The zero-order valence-electron chi connectivity index (χ0n) is 11.5. The van der Waals surface area contributed by atoms with Crippen LogP contribution in [0.2, 0.25) is 0 Å². The van der Waals surface area contributed by atoms with Crippen molar-refractivity contribution in [1.82, 2.24) is 0 Å². The van der Waals surface area contributed by atoms with Crippen LogP contribution in [0.5, 0.6) is 0 Å². The van der Waals surface area contributed by atoms with Gasteiger partial charge in [-0.25, -0.2) is 0 Å². The van der Waals surface area contributed by atoms with Crippen molar-refractivity contribution in [2.45, 2.75) is 25.8 Å². The van der Waals surface area contributed by atoms with Gasteiger partial charge in [-0.05, 0) is 30.0 Å². The van der Waals surface area contributed by atoms with Crippen LogP contribution in [-0.2, 0) is 17.6 Å². The van der Waals surface area contributed by atoms with Gasteiger partial charge in [-0.3, -0.25) is 4.79 Å². The highest BCUT2D eigenvalue weighted by Crippen LogP contribution is 2.33. The van der Waals surface area contributed by atoms with Crippen LogP contribution in [-0.4, -0.2) is 5.91 Å². The number of aryl methyl sites for hydroxylation is 1. The van der Waals surface area contributed by atoms with Crippen LogP contribution in [0.3, 0.4) is 0 Å². The molecule has 1 unspecified atom stereocenters. The molecule has 20 heavy (non-hydrogen) atoms. The average Bonchev–Trinajstić information content (AvgIpc) is 2.78.